The van der Waals surface area contributed by atoms with E-state index in [4.69, 9.17) is 0 Å². The van der Waals surface area contributed by atoms with Crippen molar-refractivity contribution >= 4 is 11.8 Å². The second-order valence-corrected chi connectivity index (χ2v) is 5.57. The van der Waals surface area contributed by atoms with Gasteiger partial charge in [0.25, 0.3) is 0 Å². The van der Waals surface area contributed by atoms with E-state index in [1.54, 1.807) is 18.0 Å². The zero-order chi connectivity index (χ0) is 13.9. The van der Waals surface area contributed by atoms with Crippen molar-refractivity contribution in [3.63, 3.8) is 0 Å². The number of halogens is 1. The molecule has 0 saturated carbocycles. The standard InChI is InChI=1S/C14H15FN4S/c1-20-14-17-6-11-9-19(3-2-13(11)18-14)8-10-4-12(15)7-16-5-10/h4-7H,2-3,8-9H2,1H3. The van der Waals surface area contributed by atoms with Crippen molar-refractivity contribution in [3.8, 4) is 0 Å². The van der Waals surface area contributed by atoms with Gasteiger partial charge in [-0.3, -0.25) is 9.88 Å². The minimum absolute atomic E-state index is 0.284. The third-order valence-corrected chi connectivity index (χ3v) is 3.90. The maximum absolute atomic E-state index is 13.1. The molecule has 1 aliphatic rings. The van der Waals surface area contributed by atoms with Gasteiger partial charge in [-0.2, -0.15) is 0 Å². The van der Waals surface area contributed by atoms with Crippen LogP contribution < -0.4 is 0 Å². The smallest absolute Gasteiger partial charge is 0.187 e. The highest BCUT2D eigenvalue weighted by molar-refractivity contribution is 7.98. The molecule has 0 fully saturated rings. The van der Waals surface area contributed by atoms with E-state index in [9.17, 15) is 4.39 Å². The van der Waals surface area contributed by atoms with Crippen molar-refractivity contribution in [1.82, 2.24) is 19.9 Å². The van der Waals surface area contributed by atoms with Gasteiger partial charge in [0, 0.05) is 44.0 Å². The summed E-state index contributed by atoms with van der Waals surface area (Å²) in [6.07, 6.45) is 7.74. The average molecular weight is 290 g/mol. The molecule has 6 heteroatoms. The van der Waals surface area contributed by atoms with Crippen molar-refractivity contribution in [2.45, 2.75) is 24.7 Å². The summed E-state index contributed by atoms with van der Waals surface area (Å²) in [6.45, 7) is 2.43. The Morgan fingerprint density at radius 3 is 3.05 bits per heavy atom. The molecular formula is C14H15FN4S. The predicted molar refractivity (Wildman–Crippen MR) is 75.8 cm³/mol. The van der Waals surface area contributed by atoms with Gasteiger partial charge in [0.1, 0.15) is 5.82 Å². The fraction of sp³-hybridized carbons (Fsp3) is 0.357. The van der Waals surface area contributed by atoms with Gasteiger partial charge in [0.05, 0.1) is 11.9 Å². The predicted octanol–water partition coefficient (Wildman–Crippen LogP) is 2.29. The van der Waals surface area contributed by atoms with Crippen molar-refractivity contribution in [1.29, 1.82) is 0 Å². The van der Waals surface area contributed by atoms with E-state index in [2.05, 4.69) is 19.9 Å². The first-order valence-electron chi connectivity index (χ1n) is 6.45. The lowest BCUT2D eigenvalue weighted by Crippen LogP contribution is -2.31. The number of hydrogen-bond acceptors (Lipinski definition) is 5. The van der Waals surface area contributed by atoms with Gasteiger partial charge in [-0.1, -0.05) is 11.8 Å². The van der Waals surface area contributed by atoms with Crippen LogP contribution in [-0.4, -0.2) is 32.7 Å². The number of rotatable bonds is 3. The van der Waals surface area contributed by atoms with Gasteiger partial charge in [-0.15, -0.1) is 0 Å². The normalized spacial score (nSPS) is 15.1. The maximum Gasteiger partial charge on any atom is 0.187 e. The van der Waals surface area contributed by atoms with E-state index in [1.807, 2.05) is 12.5 Å². The van der Waals surface area contributed by atoms with E-state index in [-0.39, 0.29) is 5.82 Å². The van der Waals surface area contributed by atoms with Gasteiger partial charge in [-0.25, -0.2) is 14.4 Å². The van der Waals surface area contributed by atoms with Crippen LogP contribution in [0.3, 0.4) is 0 Å². The lowest BCUT2D eigenvalue weighted by molar-refractivity contribution is 0.241. The van der Waals surface area contributed by atoms with E-state index in [1.165, 1.54) is 17.8 Å². The minimum Gasteiger partial charge on any atom is -0.294 e. The zero-order valence-electron chi connectivity index (χ0n) is 11.2. The summed E-state index contributed by atoms with van der Waals surface area (Å²) in [5, 5.41) is 0.825. The minimum atomic E-state index is -0.284. The fourth-order valence-electron chi connectivity index (χ4n) is 2.39. The molecule has 2 aromatic rings. The third kappa shape index (κ3) is 2.96. The van der Waals surface area contributed by atoms with Crippen LogP contribution in [0.15, 0.2) is 29.8 Å². The molecule has 3 rings (SSSR count). The molecule has 0 aromatic carbocycles. The molecule has 0 aliphatic carbocycles. The molecule has 20 heavy (non-hydrogen) atoms. The fourth-order valence-corrected chi connectivity index (χ4v) is 2.75. The van der Waals surface area contributed by atoms with E-state index >= 15 is 0 Å². The Morgan fingerprint density at radius 2 is 2.25 bits per heavy atom. The summed E-state index contributed by atoms with van der Waals surface area (Å²) >= 11 is 1.56. The number of aromatic nitrogens is 3. The Hall–Kier alpha value is -1.53. The Balaban J connectivity index is 1.72. The van der Waals surface area contributed by atoms with E-state index in [0.717, 1.165) is 35.9 Å². The Labute approximate surface area is 121 Å². The molecule has 0 N–H and O–H groups in total. The first-order valence-corrected chi connectivity index (χ1v) is 7.67. The first-order chi connectivity index (χ1) is 9.74. The summed E-state index contributed by atoms with van der Waals surface area (Å²) in [7, 11) is 0. The Morgan fingerprint density at radius 1 is 1.35 bits per heavy atom. The summed E-state index contributed by atoms with van der Waals surface area (Å²) in [5.41, 5.74) is 3.20. The summed E-state index contributed by atoms with van der Waals surface area (Å²) in [6, 6.07) is 1.54. The molecule has 0 atom stereocenters. The Bertz CT molecular complexity index is 620. The van der Waals surface area contributed by atoms with Crippen LogP contribution in [0.4, 0.5) is 4.39 Å². The molecule has 1 aliphatic heterocycles. The van der Waals surface area contributed by atoms with Crippen LogP contribution in [0.5, 0.6) is 0 Å². The molecule has 3 heterocycles. The summed E-state index contributed by atoms with van der Waals surface area (Å²) in [4.78, 5) is 15.0. The van der Waals surface area contributed by atoms with Crippen molar-refractivity contribution in [2.75, 3.05) is 12.8 Å². The third-order valence-electron chi connectivity index (χ3n) is 3.34. The number of thioether (sulfide) groups is 1. The molecule has 2 aromatic heterocycles. The van der Waals surface area contributed by atoms with E-state index < -0.39 is 0 Å². The van der Waals surface area contributed by atoms with E-state index in [0.29, 0.717) is 6.54 Å². The summed E-state index contributed by atoms with van der Waals surface area (Å²) < 4.78 is 13.1. The molecule has 0 bridgehead atoms. The maximum atomic E-state index is 13.1. The van der Waals surface area contributed by atoms with Crippen LogP contribution >= 0.6 is 11.8 Å². The lowest BCUT2D eigenvalue weighted by Gasteiger charge is -2.27. The molecule has 0 amide bonds. The second kappa shape index (κ2) is 5.85. The highest BCUT2D eigenvalue weighted by Gasteiger charge is 2.18. The molecular weight excluding hydrogens is 275 g/mol. The number of pyridine rings is 1. The molecule has 0 spiro atoms. The quantitative estimate of drug-likeness (QED) is 0.641. The van der Waals surface area contributed by atoms with Crippen LogP contribution in [0.1, 0.15) is 16.8 Å². The van der Waals surface area contributed by atoms with Gasteiger partial charge in [0.15, 0.2) is 5.16 Å². The Kier molecular flexibility index (Phi) is 3.93. The molecule has 0 radical (unpaired) electrons. The van der Waals surface area contributed by atoms with Crippen LogP contribution in [-0.2, 0) is 19.5 Å². The number of fused-ring (bicyclic) bond motifs is 1. The molecule has 4 nitrogen and oxygen atoms in total. The van der Waals surface area contributed by atoms with Gasteiger partial charge < -0.3 is 0 Å². The van der Waals surface area contributed by atoms with Crippen molar-refractivity contribution in [2.24, 2.45) is 0 Å². The lowest BCUT2D eigenvalue weighted by atomic mass is 10.1. The topological polar surface area (TPSA) is 41.9 Å². The van der Waals surface area contributed by atoms with Crippen LogP contribution in [0.25, 0.3) is 0 Å². The number of nitrogens with zero attached hydrogens (tertiary/aromatic N) is 4. The molecule has 104 valence electrons. The van der Waals surface area contributed by atoms with Crippen molar-refractivity contribution in [3.05, 3.63) is 47.3 Å². The first kappa shape index (κ1) is 13.5. The van der Waals surface area contributed by atoms with Crippen LogP contribution in [0.2, 0.25) is 0 Å². The van der Waals surface area contributed by atoms with Gasteiger partial charge >= 0.3 is 0 Å². The SMILES string of the molecule is CSc1ncc2c(n1)CCN(Cc1cncc(F)c1)C2. The monoisotopic (exact) mass is 290 g/mol. The van der Waals surface area contributed by atoms with Gasteiger partial charge in [-0.05, 0) is 17.9 Å². The summed E-state index contributed by atoms with van der Waals surface area (Å²) in [5.74, 6) is -0.284. The number of hydrogen-bond donors (Lipinski definition) is 0. The van der Waals surface area contributed by atoms with Crippen LogP contribution in [0, 0.1) is 5.82 Å². The average Bonchev–Trinajstić information content (AvgIpc) is 2.47. The zero-order valence-corrected chi connectivity index (χ0v) is 12.0. The van der Waals surface area contributed by atoms with Gasteiger partial charge in [0.2, 0.25) is 0 Å². The molecule has 0 saturated heterocycles. The van der Waals surface area contributed by atoms with Crippen molar-refractivity contribution < 1.29 is 4.39 Å². The largest absolute Gasteiger partial charge is 0.294 e. The highest BCUT2D eigenvalue weighted by atomic mass is 32.2. The highest BCUT2D eigenvalue weighted by Crippen LogP contribution is 2.20. The molecule has 0 unspecified atom stereocenters. The second-order valence-electron chi connectivity index (χ2n) is 4.80.